The molecule has 0 radical (unpaired) electrons. The molecule has 0 aliphatic rings. The van der Waals surface area contributed by atoms with E-state index in [0.717, 1.165) is 6.42 Å². The van der Waals surface area contributed by atoms with Crippen LogP contribution in [0, 0.1) is 26.2 Å². The second kappa shape index (κ2) is 4.58. The van der Waals surface area contributed by atoms with Crippen molar-refractivity contribution >= 4 is 0 Å². The third-order valence-corrected chi connectivity index (χ3v) is 3.11. The van der Waals surface area contributed by atoms with Crippen LogP contribution in [0.5, 0.6) is 0 Å². The quantitative estimate of drug-likeness (QED) is 0.798. The van der Waals surface area contributed by atoms with Gasteiger partial charge >= 0.3 is 0 Å². The second-order valence-corrected chi connectivity index (χ2v) is 6.16. The second-order valence-electron chi connectivity index (χ2n) is 6.16. The van der Waals surface area contributed by atoms with Crippen LogP contribution in [0.1, 0.15) is 55.5 Å². The van der Waals surface area contributed by atoms with Gasteiger partial charge in [-0.15, -0.1) is 0 Å². The first-order valence-electron chi connectivity index (χ1n) is 6.04. The predicted octanol–water partition coefficient (Wildman–Crippen LogP) is 4.05. The van der Waals surface area contributed by atoms with Gasteiger partial charge in [0.25, 0.3) is 0 Å². The number of benzene rings is 1. The number of aryl methyl sites for hydroxylation is 3. The summed E-state index contributed by atoms with van der Waals surface area (Å²) in [7, 11) is 0. The minimum Gasteiger partial charge on any atom is -0.324 e. The minimum absolute atomic E-state index is 0.152. The van der Waals surface area contributed by atoms with E-state index in [-0.39, 0.29) is 11.5 Å². The van der Waals surface area contributed by atoms with Crippen LogP contribution in [0.4, 0.5) is 0 Å². The molecule has 0 aliphatic carbocycles. The lowest BCUT2D eigenvalue weighted by Crippen LogP contribution is -2.19. The molecule has 1 heteroatoms. The molecule has 0 saturated carbocycles. The van der Waals surface area contributed by atoms with Gasteiger partial charge in [0.05, 0.1) is 0 Å². The van der Waals surface area contributed by atoms with Gasteiger partial charge in [-0.05, 0) is 54.9 Å². The Morgan fingerprint density at radius 3 is 2.00 bits per heavy atom. The number of hydrogen-bond acceptors (Lipinski definition) is 1. The molecule has 16 heavy (non-hydrogen) atoms. The third kappa shape index (κ3) is 3.34. The van der Waals surface area contributed by atoms with Crippen molar-refractivity contribution in [3.8, 4) is 0 Å². The molecular formula is C15H25N. The highest BCUT2D eigenvalue weighted by molar-refractivity contribution is 5.38. The predicted molar refractivity (Wildman–Crippen MR) is 71.7 cm³/mol. The van der Waals surface area contributed by atoms with Gasteiger partial charge in [0, 0.05) is 6.04 Å². The van der Waals surface area contributed by atoms with E-state index in [9.17, 15) is 0 Å². The first-order valence-corrected chi connectivity index (χ1v) is 6.04. The fourth-order valence-electron chi connectivity index (χ4n) is 2.15. The minimum atomic E-state index is 0.152. The Hall–Kier alpha value is -0.820. The topological polar surface area (TPSA) is 26.0 Å². The van der Waals surface area contributed by atoms with Gasteiger partial charge in [0.15, 0.2) is 0 Å². The summed E-state index contributed by atoms with van der Waals surface area (Å²) in [6, 6.07) is 4.65. The molecule has 1 aromatic carbocycles. The standard InChI is InChI=1S/C15H25N/c1-10-7-12(3)13(8-11(10)2)14(16)9-15(4,5)6/h7-8,14H,9,16H2,1-6H3. The zero-order valence-electron chi connectivity index (χ0n) is 11.5. The molecule has 0 bridgehead atoms. The molecule has 1 aromatic rings. The van der Waals surface area contributed by atoms with Gasteiger partial charge < -0.3 is 5.73 Å². The fourth-order valence-corrected chi connectivity index (χ4v) is 2.15. The Balaban J connectivity index is 3.00. The summed E-state index contributed by atoms with van der Waals surface area (Å²) in [5, 5.41) is 0. The summed E-state index contributed by atoms with van der Waals surface area (Å²) < 4.78 is 0. The molecule has 1 nitrogen and oxygen atoms in total. The highest BCUT2D eigenvalue weighted by atomic mass is 14.6. The van der Waals surface area contributed by atoms with Gasteiger partial charge in [0.2, 0.25) is 0 Å². The average molecular weight is 219 g/mol. The van der Waals surface area contributed by atoms with E-state index in [4.69, 9.17) is 5.73 Å². The molecule has 0 amide bonds. The maximum atomic E-state index is 6.30. The van der Waals surface area contributed by atoms with E-state index in [1.165, 1.54) is 22.3 Å². The van der Waals surface area contributed by atoms with Crippen LogP contribution in [0.2, 0.25) is 0 Å². The zero-order chi connectivity index (χ0) is 12.5. The molecule has 0 saturated heterocycles. The Labute approximate surface area is 100 Å². The van der Waals surface area contributed by atoms with Gasteiger partial charge in [-0.2, -0.15) is 0 Å². The van der Waals surface area contributed by atoms with Crippen LogP contribution in [-0.2, 0) is 0 Å². The molecule has 90 valence electrons. The van der Waals surface area contributed by atoms with Crippen LogP contribution in [-0.4, -0.2) is 0 Å². The molecule has 1 atom stereocenters. The molecular weight excluding hydrogens is 194 g/mol. The number of rotatable bonds is 2. The third-order valence-electron chi connectivity index (χ3n) is 3.11. The number of nitrogens with two attached hydrogens (primary N) is 1. The SMILES string of the molecule is Cc1cc(C)c(C(N)CC(C)(C)C)cc1C. The first-order chi connectivity index (χ1) is 7.20. The van der Waals surface area contributed by atoms with E-state index in [1.54, 1.807) is 0 Å². The number of hydrogen-bond donors (Lipinski definition) is 1. The lowest BCUT2D eigenvalue weighted by atomic mass is 9.84. The normalized spacial score (nSPS) is 13.9. The van der Waals surface area contributed by atoms with E-state index in [1.807, 2.05) is 0 Å². The maximum absolute atomic E-state index is 6.30. The van der Waals surface area contributed by atoms with Crippen LogP contribution in [0.15, 0.2) is 12.1 Å². The van der Waals surface area contributed by atoms with Crippen molar-refractivity contribution in [2.45, 2.75) is 54.0 Å². The molecule has 0 spiro atoms. The summed E-state index contributed by atoms with van der Waals surface area (Å²) in [6.45, 7) is 13.2. The van der Waals surface area contributed by atoms with Crippen molar-refractivity contribution in [2.75, 3.05) is 0 Å². The zero-order valence-corrected chi connectivity index (χ0v) is 11.5. The molecule has 0 fully saturated rings. The Bertz CT molecular complexity index is 372. The van der Waals surface area contributed by atoms with Gasteiger partial charge in [0.1, 0.15) is 0 Å². The van der Waals surface area contributed by atoms with Crippen molar-refractivity contribution in [3.05, 3.63) is 34.4 Å². The van der Waals surface area contributed by atoms with E-state index >= 15 is 0 Å². The van der Waals surface area contributed by atoms with E-state index in [2.05, 4.69) is 53.7 Å². The smallest absolute Gasteiger partial charge is 0.0302 e. The lowest BCUT2D eigenvalue weighted by Gasteiger charge is -2.25. The largest absolute Gasteiger partial charge is 0.324 e. The molecule has 1 unspecified atom stereocenters. The molecule has 0 aromatic heterocycles. The van der Waals surface area contributed by atoms with Crippen LogP contribution >= 0.6 is 0 Å². The van der Waals surface area contributed by atoms with Gasteiger partial charge in [-0.3, -0.25) is 0 Å². The first kappa shape index (κ1) is 13.2. The summed E-state index contributed by atoms with van der Waals surface area (Å²) in [4.78, 5) is 0. The summed E-state index contributed by atoms with van der Waals surface area (Å²) in [5.74, 6) is 0. The highest BCUT2D eigenvalue weighted by Gasteiger charge is 2.18. The highest BCUT2D eigenvalue weighted by Crippen LogP contribution is 2.30. The van der Waals surface area contributed by atoms with Crippen molar-refractivity contribution in [3.63, 3.8) is 0 Å². The lowest BCUT2D eigenvalue weighted by molar-refractivity contribution is 0.342. The molecule has 1 rings (SSSR count). The Morgan fingerprint density at radius 2 is 1.50 bits per heavy atom. The van der Waals surface area contributed by atoms with Crippen LogP contribution < -0.4 is 5.73 Å². The summed E-state index contributed by atoms with van der Waals surface area (Å²) in [6.07, 6.45) is 1.02. The fraction of sp³-hybridized carbons (Fsp3) is 0.600. The average Bonchev–Trinajstić information content (AvgIpc) is 2.08. The van der Waals surface area contributed by atoms with E-state index in [0.29, 0.717) is 0 Å². The van der Waals surface area contributed by atoms with Gasteiger partial charge in [-0.25, -0.2) is 0 Å². The van der Waals surface area contributed by atoms with Gasteiger partial charge in [-0.1, -0.05) is 32.9 Å². The monoisotopic (exact) mass is 219 g/mol. The molecule has 0 heterocycles. The van der Waals surface area contributed by atoms with Crippen LogP contribution in [0.25, 0.3) is 0 Å². The maximum Gasteiger partial charge on any atom is 0.0302 e. The summed E-state index contributed by atoms with van der Waals surface area (Å²) in [5.41, 5.74) is 11.9. The van der Waals surface area contributed by atoms with Crippen molar-refractivity contribution < 1.29 is 0 Å². The van der Waals surface area contributed by atoms with Crippen molar-refractivity contribution in [1.29, 1.82) is 0 Å². The van der Waals surface area contributed by atoms with E-state index < -0.39 is 0 Å². The van der Waals surface area contributed by atoms with Crippen molar-refractivity contribution in [1.82, 2.24) is 0 Å². The van der Waals surface area contributed by atoms with Crippen LogP contribution in [0.3, 0.4) is 0 Å². The molecule has 2 N–H and O–H groups in total. The van der Waals surface area contributed by atoms with Crippen molar-refractivity contribution in [2.24, 2.45) is 11.1 Å². The Morgan fingerprint density at radius 1 is 1.00 bits per heavy atom. The Kier molecular flexibility index (Phi) is 3.80. The summed E-state index contributed by atoms with van der Waals surface area (Å²) >= 11 is 0. The molecule has 0 aliphatic heterocycles.